The van der Waals surface area contributed by atoms with Crippen LogP contribution in [0.1, 0.15) is 20.9 Å². The van der Waals surface area contributed by atoms with Crippen LogP contribution in [0.2, 0.25) is 5.22 Å². The Kier molecular flexibility index (Phi) is 3.43. The molecule has 0 aliphatic rings. The second-order valence-electron chi connectivity index (χ2n) is 3.67. The fourth-order valence-corrected chi connectivity index (χ4v) is 1.58. The van der Waals surface area contributed by atoms with Crippen LogP contribution in [0.5, 0.6) is 0 Å². The van der Waals surface area contributed by atoms with Crippen LogP contribution in [0.25, 0.3) is 0 Å². The Bertz CT molecular complexity index is 651. The van der Waals surface area contributed by atoms with Crippen LogP contribution < -0.4 is 11.1 Å². The first-order valence-corrected chi connectivity index (χ1v) is 5.54. The SMILES string of the molecule is Nc1cc(C(=O)O)ccc1NC(=O)c1ccc(Cl)o1. The predicted molar refractivity (Wildman–Crippen MR) is 69.5 cm³/mol. The van der Waals surface area contributed by atoms with E-state index in [9.17, 15) is 9.59 Å². The second-order valence-corrected chi connectivity index (χ2v) is 4.04. The molecule has 19 heavy (non-hydrogen) atoms. The molecule has 6 nitrogen and oxygen atoms in total. The number of carboxylic acid groups (broad SMARTS) is 1. The van der Waals surface area contributed by atoms with Gasteiger partial charge in [-0.25, -0.2) is 4.79 Å². The number of carbonyl (C=O) groups excluding carboxylic acids is 1. The van der Waals surface area contributed by atoms with Crippen molar-refractivity contribution in [2.45, 2.75) is 0 Å². The highest BCUT2D eigenvalue weighted by Crippen LogP contribution is 2.21. The van der Waals surface area contributed by atoms with E-state index >= 15 is 0 Å². The van der Waals surface area contributed by atoms with Crippen molar-refractivity contribution in [3.05, 3.63) is 46.9 Å². The summed E-state index contributed by atoms with van der Waals surface area (Å²) >= 11 is 5.56. The van der Waals surface area contributed by atoms with Gasteiger partial charge in [0.25, 0.3) is 5.91 Å². The molecule has 0 fully saturated rings. The van der Waals surface area contributed by atoms with E-state index < -0.39 is 11.9 Å². The molecule has 1 heterocycles. The number of aromatic carboxylic acids is 1. The maximum Gasteiger partial charge on any atom is 0.335 e. The van der Waals surface area contributed by atoms with E-state index in [1.54, 1.807) is 0 Å². The quantitative estimate of drug-likeness (QED) is 0.749. The molecule has 1 amide bonds. The lowest BCUT2D eigenvalue weighted by Crippen LogP contribution is -2.12. The van der Waals surface area contributed by atoms with Crippen LogP contribution in [-0.4, -0.2) is 17.0 Å². The molecule has 98 valence electrons. The van der Waals surface area contributed by atoms with Gasteiger partial charge >= 0.3 is 5.97 Å². The van der Waals surface area contributed by atoms with Gasteiger partial charge in [0.2, 0.25) is 0 Å². The van der Waals surface area contributed by atoms with E-state index in [4.69, 9.17) is 26.9 Å². The smallest absolute Gasteiger partial charge is 0.335 e. The number of nitrogens with two attached hydrogens (primary N) is 1. The molecule has 0 saturated carbocycles. The molecule has 7 heteroatoms. The van der Waals surface area contributed by atoms with Crippen molar-refractivity contribution < 1.29 is 19.1 Å². The van der Waals surface area contributed by atoms with Gasteiger partial charge in [0.15, 0.2) is 11.0 Å². The summed E-state index contributed by atoms with van der Waals surface area (Å²) in [6.07, 6.45) is 0. The highest BCUT2D eigenvalue weighted by molar-refractivity contribution is 6.29. The molecular weight excluding hydrogens is 272 g/mol. The van der Waals surface area contributed by atoms with Gasteiger partial charge in [-0.2, -0.15) is 0 Å². The number of furan rings is 1. The zero-order chi connectivity index (χ0) is 14.0. The third-order valence-electron chi connectivity index (χ3n) is 2.34. The fraction of sp³-hybridized carbons (Fsp3) is 0. The van der Waals surface area contributed by atoms with Gasteiger partial charge in [-0.3, -0.25) is 4.79 Å². The summed E-state index contributed by atoms with van der Waals surface area (Å²) in [5.41, 5.74) is 6.13. The van der Waals surface area contributed by atoms with E-state index in [-0.39, 0.29) is 22.2 Å². The van der Waals surface area contributed by atoms with E-state index in [0.29, 0.717) is 5.69 Å². The van der Waals surface area contributed by atoms with E-state index in [0.717, 1.165) is 0 Å². The van der Waals surface area contributed by atoms with E-state index in [1.165, 1.54) is 30.3 Å². The van der Waals surface area contributed by atoms with Crippen LogP contribution >= 0.6 is 11.6 Å². The van der Waals surface area contributed by atoms with Crippen molar-refractivity contribution in [1.82, 2.24) is 0 Å². The number of carboxylic acids is 1. The molecule has 0 aliphatic heterocycles. The van der Waals surface area contributed by atoms with Gasteiger partial charge in [-0.05, 0) is 41.9 Å². The lowest BCUT2D eigenvalue weighted by molar-refractivity contribution is 0.0697. The number of rotatable bonds is 3. The molecule has 2 aromatic rings. The average Bonchev–Trinajstić information content (AvgIpc) is 2.78. The second kappa shape index (κ2) is 5.03. The summed E-state index contributed by atoms with van der Waals surface area (Å²) in [7, 11) is 0. The third kappa shape index (κ3) is 2.86. The van der Waals surface area contributed by atoms with Gasteiger partial charge in [0.05, 0.1) is 16.9 Å². The van der Waals surface area contributed by atoms with Crippen molar-refractivity contribution >= 4 is 34.9 Å². The Balaban J connectivity index is 2.20. The molecule has 0 radical (unpaired) electrons. The first-order valence-electron chi connectivity index (χ1n) is 5.17. The van der Waals surface area contributed by atoms with Gasteiger partial charge in [-0.15, -0.1) is 0 Å². The van der Waals surface area contributed by atoms with Crippen LogP contribution in [0.3, 0.4) is 0 Å². The molecule has 0 spiro atoms. The standard InChI is InChI=1S/C12H9ClN2O4/c13-10-4-3-9(19-10)11(16)15-8-2-1-6(12(17)18)5-7(8)14/h1-5H,14H2,(H,15,16)(H,17,18). The maximum absolute atomic E-state index is 11.8. The lowest BCUT2D eigenvalue weighted by Gasteiger charge is -2.07. The van der Waals surface area contributed by atoms with Crippen LogP contribution in [0.15, 0.2) is 34.7 Å². The van der Waals surface area contributed by atoms with Crippen LogP contribution in [0.4, 0.5) is 11.4 Å². The molecule has 1 aromatic carbocycles. The Morgan fingerprint density at radius 2 is 2.00 bits per heavy atom. The number of benzene rings is 1. The maximum atomic E-state index is 11.8. The number of nitrogen functional groups attached to an aromatic ring is 1. The van der Waals surface area contributed by atoms with E-state index in [2.05, 4.69) is 5.32 Å². The molecule has 1 aromatic heterocycles. The highest BCUT2D eigenvalue weighted by atomic mass is 35.5. The predicted octanol–water partition coefficient (Wildman–Crippen LogP) is 2.47. The van der Waals surface area contributed by atoms with Gasteiger partial charge in [-0.1, -0.05) is 0 Å². The molecule has 0 atom stereocenters. The first-order chi connectivity index (χ1) is 8.97. The molecule has 0 unspecified atom stereocenters. The minimum atomic E-state index is -1.10. The van der Waals surface area contributed by atoms with Crippen molar-refractivity contribution in [2.24, 2.45) is 0 Å². The highest BCUT2D eigenvalue weighted by Gasteiger charge is 2.13. The number of hydrogen-bond acceptors (Lipinski definition) is 4. The summed E-state index contributed by atoms with van der Waals surface area (Å²) in [6.45, 7) is 0. The molecule has 0 bridgehead atoms. The first kappa shape index (κ1) is 13.0. The summed E-state index contributed by atoms with van der Waals surface area (Å²) in [5.74, 6) is -1.59. The van der Waals surface area contributed by atoms with Crippen molar-refractivity contribution in [3.8, 4) is 0 Å². The third-order valence-corrected chi connectivity index (χ3v) is 2.55. The van der Waals surface area contributed by atoms with Gasteiger partial charge in [0.1, 0.15) is 0 Å². The van der Waals surface area contributed by atoms with Crippen molar-refractivity contribution in [1.29, 1.82) is 0 Å². The van der Waals surface area contributed by atoms with Crippen molar-refractivity contribution in [2.75, 3.05) is 11.1 Å². The Morgan fingerprint density at radius 3 is 2.53 bits per heavy atom. The summed E-state index contributed by atoms with van der Waals surface area (Å²) in [5, 5.41) is 11.4. The zero-order valence-corrected chi connectivity index (χ0v) is 10.3. The minimum absolute atomic E-state index is 0.0340. The average molecular weight is 281 g/mol. The zero-order valence-electron chi connectivity index (χ0n) is 9.51. The lowest BCUT2D eigenvalue weighted by atomic mass is 10.1. The normalized spacial score (nSPS) is 10.2. The van der Waals surface area contributed by atoms with Crippen molar-refractivity contribution in [3.63, 3.8) is 0 Å². The monoisotopic (exact) mass is 280 g/mol. The number of nitrogens with one attached hydrogen (secondary N) is 1. The van der Waals surface area contributed by atoms with Gasteiger partial charge < -0.3 is 20.6 Å². The topological polar surface area (TPSA) is 106 Å². The van der Waals surface area contributed by atoms with Gasteiger partial charge in [0, 0.05) is 0 Å². The van der Waals surface area contributed by atoms with E-state index in [1.807, 2.05) is 0 Å². The number of carbonyl (C=O) groups is 2. The Hall–Kier alpha value is -2.47. The number of hydrogen-bond donors (Lipinski definition) is 3. The van der Waals surface area contributed by atoms with Crippen LogP contribution in [-0.2, 0) is 0 Å². The number of amides is 1. The Labute approximate surface area is 112 Å². The fourth-order valence-electron chi connectivity index (χ4n) is 1.43. The molecular formula is C12H9ClN2O4. The molecule has 4 N–H and O–H groups in total. The number of halogens is 1. The molecule has 0 aliphatic carbocycles. The summed E-state index contributed by atoms with van der Waals surface area (Å²) < 4.78 is 4.94. The molecule has 2 rings (SSSR count). The molecule has 0 saturated heterocycles. The number of anilines is 2. The van der Waals surface area contributed by atoms with Crippen LogP contribution in [0, 0.1) is 0 Å². The minimum Gasteiger partial charge on any atom is -0.478 e. The summed E-state index contributed by atoms with van der Waals surface area (Å²) in [6, 6.07) is 6.85. The largest absolute Gasteiger partial charge is 0.478 e. The Morgan fingerprint density at radius 1 is 1.26 bits per heavy atom. The summed E-state index contributed by atoms with van der Waals surface area (Å²) in [4.78, 5) is 22.5.